The zero-order chi connectivity index (χ0) is 21.7. The molecular formula is C23H27N3O4. The van der Waals surface area contributed by atoms with Gasteiger partial charge in [0.05, 0.1) is 18.0 Å². The van der Waals surface area contributed by atoms with E-state index < -0.39 is 0 Å². The molecule has 1 atom stereocenters. The van der Waals surface area contributed by atoms with E-state index in [0.717, 1.165) is 6.42 Å². The highest BCUT2D eigenvalue weighted by atomic mass is 16.5. The average Bonchev–Trinajstić information content (AvgIpc) is 2.86. The van der Waals surface area contributed by atoms with Gasteiger partial charge in [-0.1, -0.05) is 19.1 Å². The second-order valence-electron chi connectivity index (χ2n) is 7.42. The standard InChI is InChI=1S/C23H27N3O4/c1-4-13-30-18-11-9-17(10-12-18)23(29)25(3)15-22(28)26-16(2)14-21(27)24-19-7-5-6-8-20(19)26/h5-12,16H,4,13-15H2,1-3H3,(H,24,27). The first-order valence-electron chi connectivity index (χ1n) is 10.1. The topological polar surface area (TPSA) is 79.0 Å². The summed E-state index contributed by atoms with van der Waals surface area (Å²) in [5, 5.41) is 2.83. The summed E-state index contributed by atoms with van der Waals surface area (Å²) in [6.07, 6.45) is 1.10. The van der Waals surface area contributed by atoms with Gasteiger partial charge in [0.2, 0.25) is 11.8 Å². The Morgan fingerprint density at radius 2 is 1.87 bits per heavy atom. The van der Waals surface area contributed by atoms with Gasteiger partial charge in [-0.3, -0.25) is 14.4 Å². The van der Waals surface area contributed by atoms with E-state index in [9.17, 15) is 14.4 Å². The number of rotatable bonds is 6. The molecule has 0 saturated carbocycles. The first-order valence-corrected chi connectivity index (χ1v) is 10.1. The molecule has 0 fully saturated rings. The largest absolute Gasteiger partial charge is 0.494 e. The first kappa shape index (κ1) is 21.4. The van der Waals surface area contributed by atoms with Crippen molar-refractivity contribution in [2.45, 2.75) is 32.7 Å². The van der Waals surface area contributed by atoms with E-state index in [-0.39, 0.29) is 36.7 Å². The number of para-hydroxylation sites is 2. The fourth-order valence-electron chi connectivity index (χ4n) is 3.45. The van der Waals surface area contributed by atoms with E-state index in [0.29, 0.717) is 29.3 Å². The molecule has 1 heterocycles. The Morgan fingerprint density at radius 3 is 2.57 bits per heavy atom. The van der Waals surface area contributed by atoms with Crippen LogP contribution in [0.4, 0.5) is 11.4 Å². The molecule has 1 unspecified atom stereocenters. The Balaban J connectivity index is 1.73. The van der Waals surface area contributed by atoms with Crippen molar-refractivity contribution in [3.05, 3.63) is 54.1 Å². The molecule has 0 bridgehead atoms. The predicted octanol–water partition coefficient (Wildman–Crippen LogP) is 3.31. The molecule has 0 aliphatic carbocycles. The number of likely N-dealkylation sites (N-methyl/N-ethyl adjacent to an activating group) is 1. The third-order valence-electron chi connectivity index (χ3n) is 4.92. The molecule has 2 aromatic carbocycles. The Labute approximate surface area is 176 Å². The van der Waals surface area contributed by atoms with Gasteiger partial charge in [0.25, 0.3) is 5.91 Å². The number of hydrogen-bond acceptors (Lipinski definition) is 4. The number of ether oxygens (including phenoxy) is 1. The van der Waals surface area contributed by atoms with Gasteiger partial charge in [-0.05, 0) is 49.7 Å². The van der Waals surface area contributed by atoms with Crippen LogP contribution in [0.2, 0.25) is 0 Å². The van der Waals surface area contributed by atoms with E-state index in [2.05, 4.69) is 5.32 Å². The van der Waals surface area contributed by atoms with Crippen LogP contribution >= 0.6 is 0 Å². The molecule has 7 heteroatoms. The molecule has 0 spiro atoms. The molecule has 0 saturated heterocycles. The van der Waals surface area contributed by atoms with E-state index in [1.54, 1.807) is 54.4 Å². The molecule has 3 amide bonds. The average molecular weight is 409 g/mol. The highest BCUT2D eigenvalue weighted by Gasteiger charge is 2.30. The highest BCUT2D eigenvalue weighted by molar-refractivity contribution is 6.06. The minimum absolute atomic E-state index is 0.0974. The third-order valence-corrected chi connectivity index (χ3v) is 4.92. The SMILES string of the molecule is CCCOc1ccc(C(=O)N(C)CC(=O)N2c3ccccc3NC(=O)CC2C)cc1. The van der Waals surface area contributed by atoms with Crippen molar-refractivity contribution >= 4 is 29.1 Å². The summed E-state index contributed by atoms with van der Waals surface area (Å²) >= 11 is 0. The third kappa shape index (κ3) is 4.79. The van der Waals surface area contributed by atoms with E-state index >= 15 is 0 Å². The van der Waals surface area contributed by atoms with Crippen molar-refractivity contribution in [2.24, 2.45) is 0 Å². The van der Waals surface area contributed by atoms with Crippen molar-refractivity contribution in [2.75, 3.05) is 30.4 Å². The van der Waals surface area contributed by atoms with Crippen molar-refractivity contribution in [1.82, 2.24) is 4.90 Å². The zero-order valence-corrected chi connectivity index (χ0v) is 17.6. The molecule has 2 aromatic rings. The van der Waals surface area contributed by atoms with Crippen LogP contribution in [0.25, 0.3) is 0 Å². The number of carbonyl (C=O) groups excluding carboxylic acids is 3. The van der Waals surface area contributed by atoms with Crippen LogP contribution in [0.1, 0.15) is 37.0 Å². The summed E-state index contributed by atoms with van der Waals surface area (Å²) in [7, 11) is 1.60. The maximum absolute atomic E-state index is 13.1. The number of carbonyl (C=O) groups is 3. The van der Waals surface area contributed by atoms with Crippen LogP contribution in [0.15, 0.2) is 48.5 Å². The molecule has 7 nitrogen and oxygen atoms in total. The Kier molecular flexibility index (Phi) is 6.72. The summed E-state index contributed by atoms with van der Waals surface area (Å²) in [6.45, 7) is 4.38. The fourth-order valence-corrected chi connectivity index (χ4v) is 3.45. The van der Waals surface area contributed by atoms with Gasteiger partial charge in [0.15, 0.2) is 0 Å². The van der Waals surface area contributed by atoms with Crippen molar-refractivity contribution in [3.8, 4) is 5.75 Å². The fraction of sp³-hybridized carbons (Fsp3) is 0.348. The molecular weight excluding hydrogens is 382 g/mol. The lowest BCUT2D eigenvalue weighted by Gasteiger charge is -2.29. The van der Waals surface area contributed by atoms with Crippen molar-refractivity contribution in [3.63, 3.8) is 0 Å². The molecule has 1 N–H and O–H groups in total. The molecule has 0 aromatic heterocycles. The predicted molar refractivity (Wildman–Crippen MR) is 116 cm³/mol. The lowest BCUT2D eigenvalue weighted by atomic mass is 10.1. The maximum atomic E-state index is 13.1. The summed E-state index contributed by atoms with van der Waals surface area (Å²) in [5.41, 5.74) is 1.71. The number of nitrogens with zero attached hydrogens (tertiary/aromatic N) is 2. The van der Waals surface area contributed by atoms with Crippen LogP contribution in [0.3, 0.4) is 0 Å². The quantitative estimate of drug-likeness (QED) is 0.794. The minimum Gasteiger partial charge on any atom is -0.494 e. The lowest BCUT2D eigenvalue weighted by Crippen LogP contribution is -2.45. The molecule has 3 rings (SSSR count). The van der Waals surface area contributed by atoms with E-state index in [1.807, 2.05) is 19.9 Å². The number of benzene rings is 2. The smallest absolute Gasteiger partial charge is 0.254 e. The van der Waals surface area contributed by atoms with Gasteiger partial charge in [-0.15, -0.1) is 0 Å². The van der Waals surface area contributed by atoms with Crippen molar-refractivity contribution < 1.29 is 19.1 Å². The Hall–Kier alpha value is -3.35. The molecule has 1 aliphatic rings. The summed E-state index contributed by atoms with van der Waals surface area (Å²) in [5.74, 6) is 0.0694. The number of fused-ring (bicyclic) bond motifs is 1. The normalized spacial score (nSPS) is 15.6. The van der Waals surface area contributed by atoms with Gasteiger partial charge in [-0.25, -0.2) is 0 Å². The summed E-state index contributed by atoms with van der Waals surface area (Å²) in [4.78, 5) is 41.0. The zero-order valence-electron chi connectivity index (χ0n) is 17.6. The number of nitrogens with one attached hydrogen (secondary N) is 1. The monoisotopic (exact) mass is 409 g/mol. The molecule has 30 heavy (non-hydrogen) atoms. The Morgan fingerprint density at radius 1 is 1.17 bits per heavy atom. The van der Waals surface area contributed by atoms with Crippen LogP contribution in [-0.4, -0.2) is 48.9 Å². The lowest BCUT2D eigenvalue weighted by molar-refractivity contribution is -0.119. The Bertz CT molecular complexity index is 926. The van der Waals surface area contributed by atoms with Crippen LogP contribution in [-0.2, 0) is 9.59 Å². The van der Waals surface area contributed by atoms with Crippen molar-refractivity contribution in [1.29, 1.82) is 0 Å². The van der Waals surface area contributed by atoms with Gasteiger partial charge in [0, 0.05) is 25.1 Å². The second kappa shape index (κ2) is 9.43. The van der Waals surface area contributed by atoms with E-state index in [4.69, 9.17) is 4.74 Å². The van der Waals surface area contributed by atoms with Crippen LogP contribution in [0, 0.1) is 0 Å². The number of anilines is 2. The van der Waals surface area contributed by atoms with Gasteiger partial charge >= 0.3 is 0 Å². The van der Waals surface area contributed by atoms with Gasteiger partial charge in [0.1, 0.15) is 12.3 Å². The molecule has 0 radical (unpaired) electrons. The maximum Gasteiger partial charge on any atom is 0.254 e. The van der Waals surface area contributed by atoms with Crippen LogP contribution < -0.4 is 15.0 Å². The molecule has 1 aliphatic heterocycles. The van der Waals surface area contributed by atoms with Gasteiger partial charge < -0.3 is 19.9 Å². The number of amides is 3. The van der Waals surface area contributed by atoms with Crippen LogP contribution in [0.5, 0.6) is 5.75 Å². The second-order valence-corrected chi connectivity index (χ2v) is 7.42. The summed E-state index contributed by atoms with van der Waals surface area (Å²) < 4.78 is 5.54. The highest BCUT2D eigenvalue weighted by Crippen LogP contribution is 2.31. The van der Waals surface area contributed by atoms with Gasteiger partial charge in [-0.2, -0.15) is 0 Å². The molecule has 158 valence electrons. The first-order chi connectivity index (χ1) is 14.4. The summed E-state index contributed by atoms with van der Waals surface area (Å²) in [6, 6.07) is 13.8. The van der Waals surface area contributed by atoms with E-state index in [1.165, 1.54) is 4.90 Å². The number of hydrogen-bond donors (Lipinski definition) is 1. The minimum atomic E-state index is -0.320.